The van der Waals surface area contributed by atoms with Crippen LogP contribution >= 0.6 is 24.0 Å². The number of amides is 1. The van der Waals surface area contributed by atoms with Crippen molar-refractivity contribution in [1.82, 2.24) is 25.5 Å². The minimum Gasteiger partial charge on any atom is -0.357 e. The normalized spacial score (nSPS) is 15.5. The van der Waals surface area contributed by atoms with Gasteiger partial charge >= 0.3 is 6.18 Å². The lowest BCUT2D eigenvalue weighted by molar-refractivity contribution is -0.141. The van der Waals surface area contributed by atoms with Gasteiger partial charge in [0, 0.05) is 44.3 Å². The second kappa shape index (κ2) is 12.9. The molecule has 0 unspecified atom stereocenters. The maximum absolute atomic E-state index is 12.7. The number of aliphatic imine (C=N–C) groups is 1. The summed E-state index contributed by atoms with van der Waals surface area (Å²) in [5.74, 6) is 0.733. The van der Waals surface area contributed by atoms with Crippen molar-refractivity contribution >= 4 is 41.8 Å². The van der Waals surface area contributed by atoms with E-state index in [-0.39, 0.29) is 47.8 Å². The number of anilines is 1. The fraction of sp³-hybridized carbons (Fsp3) is 0.684. The molecule has 0 saturated carbocycles. The first-order chi connectivity index (χ1) is 14.2. The third-order valence-electron chi connectivity index (χ3n) is 4.60. The highest BCUT2D eigenvalue weighted by atomic mass is 127. The Hall–Kier alpha value is -1.86. The molecule has 12 heteroatoms. The predicted molar refractivity (Wildman–Crippen MR) is 124 cm³/mol. The van der Waals surface area contributed by atoms with E-state index < -0.39 is 11.9 Å². The van der Waals surface area contributed by atoms with Gasteiger partial charge in [-0.15, -0.1) is 24.0 Å². The van der Waals surface area contributed by atoms with Gasteiger partial charge in [0.1, 0.15) is 5.69 Å². The molecule has 176 valence electrons. The number of piperidine rings is 1. The van der Waals surface area contributed by atoms with Crippen molar-refractivity contribution in [3.05, 3.63) is 18.0 Å². The molecule has 2 heterocycles. The number of hydrogen-bond donors (Lipinski definition) is 3. The number of nitrogens with one attached hydrogen (secondary N) is 3. The van der Waals surface area contributed by atoms with Crippen LogP contribution in [0.15, 0.2) is 17.3 Å². The van der Waals surface area contributed by atoms with Crippen LogP contribution in [0.4, 0.5) is 19.1 Å². The van der Waals surface area contributed by atoms with Gasteiger partial charge in [-0.1, -0.05) is 13.8 Å². The van der Waals surface area contributed by atoms with Gasteiger partial charge in [0.2, 0.25) is 11.9 Å². The summed E-state index contributed by atoms with van der Waals surface area (Å²) in [6.45, 7) is 8.49. The second-order valence-electron chi connectivity index (χ2n) is 7.35. The van der Waals surface area contributed by atoms with Gasteiger partial charge < -0.3 is 20.9 Å². The van der Waals surface area contributed by atoms with Crippen LogP contribution in [-0.4, -0.2) is 65.5 Å². The van der Waals surface area contributed by atoms with Crippen LogP contribution < -0.4 is 16.0 Å². The minimum absolute atomic E-state index is 0. The third kappa shape index (κ3) is 9.03. The number of nitrogens with zero attached hydrogens (tertiary/aromatic N) is 4. The summed E-state index contributed by atoms with van der Waals surface area (Å²) in [6.07, 6.45) is -1.77. The van der Waals surface area contributed by atoms with Crippen molar-refractivity contribution in [2.24, 2.45) is 10.9 Å². The molecule has 0 spiro atoms. The molecule has 1 amide bonds. The Morgan fingerprint density at radius 1 is 1.32 bits per heavy atom. The van der Waals surface area contributed by atoms with Gasteiger partial charge in [0.25, 0.3) is 0 Å². The fourth-order valence-electron chi connectivity index (χ4n) is 3.06. The minimum atomic E-state index is -4.50. The Labute approximate surface area is 197 Å². The number of halogens is 4. The number of carbonyl (C=O) groups is 1. The van der Waals surface area contributed by atoms with Crippen LogP contribution in [0.2, 0.25) is 0 Å². The van der Waals surface area contributed by atoms with Crippen molar-refractivity contribution in [3.8, 4) is 0 Å². The summed E-state index contributed by atoms with van der Waals surface area (Å²) in [6, 6.07) is 1.04. The Morgan fingerprint density at radius 2 is 2.00 bits per heavy atom. The van der Waals surface area contributed by atoms with Gasteiger partial charge in [-0.3, -0.25) is 9.79 Å². The van der Waals surface area contributed by atoms with Crippen LogP contribution in [-0.2, 0) is 11.0 Å². The zero-order chi connectivity index (χ0) is 22.1. The van der Waals surface area contributed by atoms with Gasteiger partial charge in [-0.25, -0.2) is 9.97 Å². The summed E-state index contributed by atoms with van der Waals surface area (Å²) in [7, 11) is 0. The zero-order valence-corrected chi connectivity index (χ0v) is 20.3. The number of carbonyl (C=O) groups excluding carboxylic acids is 1. The molecule has 31 heavy (non-hydrogen) atoms. The number of aromatic nitrogens is 2. The van der Waals surface area contributed by atoms with Gasteiger partial charge in [-0.2, -0.15) is 13.2 Å². The van der Waals surface area contributed by atoms with Crippen molar-refractivity contribution in [3.63, 3.8) is 0 Å². The van der Waals surface area contributed by atoms with Crippen molar-refractivity contribution in [1.29, 1.82) is 0 Å². The molecule has 0 aromatic carbocycles. The molecule has 0 radical (unpaired) electrons. The lowest BCUT2D eigenvalue weighted by atomic mass is 10.0. The summed E-state index contributed by atoms with van der Waals surface area (Å²) >= 11 is 0. The Balaban J connectivity index is 0.00000480. The molecule has 3 N–H and O–H groups in total. The first-order valence-electron chi connectivity index (χ1n) is 10.2. The standard InChI is InChI=1S/C19H30F3N7O.HI/c1-4-23-17(27-14-6-11-29(12-7-14)16(30)13(2)3)25-9-10-26-18-24-8-5-15(28-18)19(20,21)22;/h5,8,13-14H,4,6-7,9-12H2,1-3H3,(H2,23,25,27)(H,24,26,28);1H. The van der Waals surface area contributed by atoms with Gasteiger partial charge in [0.15, 0.2) is 5.96 Å². The molecule has 0 atom stereocenters. The average molecular weight is 557 g/mol. The van der Waals surface area contributed by atoms with Gasteiger partial charge in [-0.05, 0) is 25.8 Å². The zero-order valence-electron chi connectivity index (χ0n) is 18.0. The fourth-order valence-corrected chi connectivity index (χ4v) is 3.06. The number of rotatable bonds is 7. The summed E-state index contributed by atoms with van der Waals surface area (Å²) in [5.41, 5.74) is -0.985. The van der Waals surface area contributed by atoms with E-state index in [0.29, 0.717) is 38.7 Å². The predicted octanol–water partition coefficient (Wildman–Crippen LogP) is 2.73. The third-order valence-corrected chi connectivity index (χ3v) is 4.60. The highest BCUT2D eigenvalue weighted by molar-refractivity contribution is 14.0. The molecule has 1 aliphatic heterocycles. The molecule has 0 bridgehead atoms. The monoisotopic (exact) mass is 557 g/mol. The first kappa shape index (κ1) is 27.2. The molecule has 1 saturated heterocycles. The van der Waals surface area contributed by atoms with Crippen molar-refractivity contribution in [2.75, 3.05) is 38.0 Å². The van der Waals surface area contributed by atoms with E-state index in [1.54, 1.807) is 0 Å². The number of alkyl halides is 3. The van der Waals surface area contributed by atoms with Crippen LogP contribution in [0, 0.1) is 5.92 Å². The number of likely N-dealkylation sites (tertiary alicyclic amines) is 1. The number of guanidine groups is 1. The quantitative estimate of drug-likeness (QED) is 0.207. The Bertz CT molecular complexity index is 723. The molecular formula is C19H31F3IN7O. The van der Waals surface area contributed by atoms with Crippen LogP contribution in [0.3, 0.4) is 0 Å². The second-order valence-corrected chi connectivity index (χ2v) is 7.35. The number of hydrogen-bond acceptors (Lipinski definition) is 5. The van der Waals surface area contributed by atoms with E-state index in [4.69, 9.17) is 0 Å². The van der Waals surface area contributed by atoms with Crippen molar-refractivity contribution in [2.45, 2.75) is 45.8 Å². The molecule has 0 aliphatic carbocycles. The van der Waals surface area contributed by atoms with E-state index in [9.17, 15) is 18.0 Å². The van der Waals surface area contributed by atoms with Crippen LogP contribution in [0.1, 0.15) is 39.3 Å². The SMILES string of the molecule is CCNC(=NCCNc1nccc(C(F)(F)F)n1)NC1CCN(C(=O)C(C)C)CC1.I. The Morgan fingerprint density at radius 3 is 2.58 bits per heavy atom. The largest absolute Gasteiger partial charge is 0.433 e. The van der Waals surface area contributed by atoms with E-state index in [0.717, 1.165) is 25.1 Å². The molecule has 2 rings (SSSR count). The summed E-state index contributed by atoms with van der Waals surface area (Å²) in [4.78, 5) is 25.7. The van der Waals surface area contributed by atoms with E-state index in [2.05, 4.69) is 30.9 Å². The Kier molecular flexibility index (Phi) is 11.3. The highest BCUT2D eigenvalue weighted by Crippen LogP contribution is 2.27. The van der Waals surface area contributed by atoms with Crippen molar-refractivity contribution < 1.29 is 18.0 Å². The molecule has 1 aromatic heterocycles. The van der Waals surface area contributed by atoms with Crippen LogP contribution in [0.5, 0.6) is 0 Å². The van der Waals surface area contributed by atoms with Gasteiger partial charge in [0.05, 0.1) is 6.54 Å². The highest BCUT2D eigenvalue weighted by Gasteiger charge is 2.32. The summed E-state index contributed by atoms with van der Waals surface area (Å²) in [5, 5.41) is 9.28. The van der Waals surface area contributed by atoms with E-state index in [1.807, 2.05) is 25.7 Å². The van der Waals surface area contributed by atoms with E-state index >= 15 is 0 Å². The molecule has 8 nitrogen and oxygen atoms in total. The lowest BCUT2D eigenvalue weighted by Crippen LogP contribution is -2.50. The first-order valence-corrected chi connectivity index (χ1v) is 10.2. The van der Waals surface area contributed by atoms with E-state index in [1.165, 1.54) is 0 Å². The van der Waals surface area contributed by atoms with Crippen LogP contribution in [0.25, 0.3) is 0 Å². The maximum Gasteiger partial charge on any atom is 0.433 e. The average Bonchev–Trinajstić information content (AvgIpc) is 2.71. The lowest BCUT2D eigenvalue weighted by Gasteiger charge is -2.34. The smallest absolute Gasteiger partial charge is 0.357 e. The maximum atomic E-state index is 12.7. The topological polar surface area (TPSA) is 94.5 Å². The molecule has 1 aromatic rings. The molecular weight excluding hydrogens is 526 g/mol. The molecule has 1 fully saturated rings. The molecule has 1 aliphatic rings. The summed E-state index contributed by atoms with van der Waals surface area (Å²) < 4.78 is 38.1.